The molecule has 0 heterocycles. The van der Waals surface area contributed by atoms with E-state index in [2.05, 4.69) is 28.6 Å². The second-order valence-electron chi connectivity index (χ2n) is 6.88. The van der Waals surface area contributed by atoms with Gasteiger partial charge in [-0.2, -0.15) is 0 Å². The van der Waals surface area contributed by atoms with Gasteiger partial charge in [0.25, 0.3) is 0 Å². The normalized spacial score (nSPS) is 15.6. The number of amides is 1. The van der Waals surface area contributed by atoms with E-state index in [-0.39, 0.29) is 17.9 Å². The van der Waals surface area contributed by atoms with Gasteiger partial charge in [0, 0.05) is 37.6 Å². The summed E-state index contributed by atoms with van der Waals surface area (Å²) in [6, 6.07) is 8.09. The summed E-state index contributed by atoms with van der Waals surface area (Å²) in [6.45, 7) is 3.95. The standard InChI is InChI=1S/C19H29ClN4O/c1-4-5-11-21-18(22-13-17(25)24(2)3)23-14-19(9-10-19)15-7-6-8-16(20)12-15/h6-8,12H,4-5,9-11,13-14H2,1-3H3,(H2,21,22,23). The Morgan fingerprint density at radius 1 is 1.32 bits per heavy atom. The number of carbonyl (C=O) groups excluding carboxylic acids is 1. The number of nitrogens with one attached hydrogen (secondary N) is 2. The monoisotopic (exact) mass is 364 g/mol. The highest BCUT2D eigenvalue weighted by Gasteiger charge is 2.44. The molecule has 0 radical (unpaired) electrons. The van der Waals surface area contributed by atoms with Crippen LogP contribution in [-0.2, 0) is 10.2 Å². The van der Waals surface area contributed by atoms with Crippen molar-refractivity contribution in [2.45, 2.75) is 38.0 Å². The molecule has 0 atom stereocenters. The van der Waals surface area contributed by atoms with Crippen LogP contribution in [0.25, 0.3) is 0 Å². The number of hydrogen-bond acceptors (Lipinski definition) is 2. The van der Waals surface area contributed by atoms with Crippen molar-refractivity contribution in [1.29, 1.82) is 0 Å². The van der Waals surface area contributed by atoms with Gasteiger partial charge < -0.3 is 15.5 Å². The first-order valence-electron chi connectivity index (χ1n) is 8.95. The number of unbranched alkanes of at least 4 members (excludes halogenated alkanes) is 1. The Morgan fingerprint density at radius 3 is 2.68 bits per heavy atom. The van der Waals surface area contributed by atoms with E-state index < -0.39 is 0 Å². The Kier molecular flexibility index (Phi) is 7.12. The van der Waals surface area contributed by atoms with E-state index >= 15 is 0 Å². The number of nitrogens with zero attached hydrogens (tertiary/aromatic N) is 2. The number of rotatable bonds is 8. The van der Waals surface area contributed by atoms with Crippen molar-refractivity contribution in [3.63, 3.8) is 0 Å². The lowest BCUT2D eigenvalue weighted by atomic mass is 9.96. The first kappa shape index (κ1) is 19.6. The fourth-order valence-corrected chi connectivity index (χ4v) is 2.83. The SMILES string of the molecule is CCCCNC(=NCC(=O)N(C)C)NCC1(c2cccc(Cl)c2)CC1. The maximum atomic E-state index is 11.8. The van der Waals surface area contributed by atoms with E-state index in [0.29, 0.717) is 5.96 Å². The maximum Gasteiger partial charge on any atom is 0.243 e. The fourth-order valence-electron chi connectivity index (χ4n) is 2.64. The van der Waals surface area contributed by atoms with Gasteiger partial charge in [-0.3, -0.25) is 4.79 Å². The number of likely N-dealkylation sites (N-methyl/N-ethyl adjacent to an activating group) is 1. The van der Waals surface area contributed by atoms with Crippen molar-refractivity contribution in [2.75, 3.05) is 33.7 Å². The van der Waals surface area contributed by atoms with E-state index in [9.17, 15) is 4.79 Å². The van der Waals surface area contributed by atoms with E-state index in [0.717, 1.165) is 43.8 Å². The van der Waals surface area contributed by atoms with Crippen LogP contribution in [0.5, 0.6) is 0 Å². The Morgan fingerprint density at radius 2 is 2.08 bits per heavy atom. The molecule has 0 aromatic heterocycles. The number of guanidine groups is 1. The lowest BCUT2D eigenvalue weighted by Crippen LogP contribution is -2.42. The zero-order chi connectivity index (χ0) is 18.3. The third kappa shape index (κ3) is 5.92. The Hall–Kier alpha value is -1.75. The average molecular weight is 365 g/mol. The van der Waals surface area contributed by atoms with Gasteiger partial charge in [0.1, 0.15) is 6.54 Å². The molecule has 1 amide bonds. The minimum absolute atomic E-state index is 0.00688. The topological polar surface area (TPSA) is 56.7 Å². The van der Waals surface area contributed by atoms with Crippen LogP contribution in [0.4, 0.5) is 0 Å². The van der Waals surface area contributed by atoms with Gasteiger partial charge in [0.15, 0.2) is 5.96 Å². The summed E-state index contributed by atoms with van der Waals surface area (Å²) >= 11 is 6.14. The van der Waals surface area contributed by atoms with Gasteiger partial charge in [-0.05, 0) is 37.0 Å². The van der Waals surface area contributed by atoms with E-state index in [1.165, 1.54) is 5.56 Å². The summed E-state index contributed by atoms with van der Waals surface area (Å²) in [5.41, 5.74) is 1.40. The molecule has 0 saturated heterocycles. The minimum Gasteiger partial charge on any atom is -0.356 e. The first-order valence-corrected chi connectivity index (χ1v) is 9.33. The van der Waals surface area contributed by atoms with Crippen molar-refractivity contribution in [1.82, 2.24) is 15.5 Å². The molecule has 2 N–H and O–H groups in total. The molecule has 0 aliphatic heterocycles. The Bertz CT molecular complexity index is 611. The number of aliphatic imine (C=N–C) groups is 1. The number of hydrogen-bond donors (Lipinski definition) is 2. The molecule has 0 bridgehead atoms. The molecule has 6 heteroatoms. The van der Waals surface area contributed by atoms with Crippen molar-refractivity contribution < 1.29 is 4.79 Å². The molecule has 5 nitrogen and oxygen atoms in total. The van der Waals surface area contributed by atoms with Crippen molar-refractivity contribution >= 4 is 23.5 Å². The van der Waals surface area contributed by atoms with Crippen molar-refractivity contribution in [3.8, 4) is 0 Å². The molecule has 2 rings (SSSR count). The Balaban J connectivity index is 1.98. The second kappa shape index (κ2) is 9.09. The molecule has 138 valence electrons. The molecular formula is C19H29ClN4O. The first-order chi connectivity index (χ1) is 12.0. The smallest absolute Gasteiger partial charge is 0.243 e. The summed E-state index contributed by atoms with van der Waals surface area (Å²) in [4.78, 5) is 17.8. The van der Waals surface area contributed by atoms with Crippen LogP contribution in [-0.4, -0.2) is 50.5 Å². The van der Waals surface area contributed by atoms with Gasteiger partial charge in [0.05, 0.1) is 0 Å². The quantitative estimate of drug-likeness (QED) is 0.423. The van der Waals surface area contributed by atoms with E-state index in [1.54, 1.807) is 19.0 Å². The molecule has 1 saturated carbocycles. The van der Waals surface area contributed by atoms with Crippen molar-refractivity contribution in [3.05, 3.63) is 34.9 Å². The van der Waals surface area contributed by atoms with Crippen LogP contribution < -0.4 is 10.6 Å². The third-order valence-corrected chi connectivity index (χ3v) is 4.81. The number of halogens is 1. The van der Waals surface area contributed by atoms with Gasteiger partial charge in [-0.15, -0.1) is 0 Å². The zero-order valence-corrected chi connectivity index (χ0v) is 16.2. The predicted octanol–water partition coefficient (Wildman–Crippen LogP) is 2.80. The summed E-state index contributed by atoms with van der Waals surface area (Å²) in [7, 11) is 3.49. The van der Waals surface area contributed by atoms with Crippen molar-refractivity contribution in [2.24, 2.45) is 4.99 Å². The highest BCUT2D eigenvalue weighted by atomic mass is 35.5. The van der Waals surface area contributed by atoms with Crippen LogP contribution in [0.2, 0.25) is 5.02 Å². The number of carbonyl (C=O) groups is 1. The predicted molar refractivity (Wildman–Crippen MR) is 104 cm³/mol. The molecule has 0 unspecified atom stereocenters. The van der Waals surface area contributed by atoms with Crippen LogP contribution >= 0.6 is 11.6 Å². The highest BCUT2D eigenvalue weighted by Crippen LogP contribution is 2.48. The molecule has 1 aromatic rings. The summed E-state index contributed by atoms with van der Waals surface area (Å²) in [5, 5.41) is 7.51. The van der Waals surface area contributed by atoms with Crippen LogP contribution in [0.1, 0.15) is 38.2 Å². The van der Waals surface area contributed by atoms with Crippen LogP contribution in [0, 0.1) is 0 Å². The minimum atomic E-state index is -0.00688. The summed E-state index contributed by atoms with van der Waals surface area (Å²) in [6.07, 6.45) is 4.46. The van der Waals surface area contributed by atoms with E-state index in [4.69, 9.17) is 11.6 Å². The lowest BCUT2D eigenvalue weighted by molar-refractivity contribution is -0.127. The average Bonchev–Trinajstić information content (AvgIpc) is 3.37. The van der Waals surface area contributed by atoms with Crippen LogP contribution in [0.3, 0.4) is 0 Å². The molecule has 25 heavy (non-hydrogen) atoms. The number of benzene rings is 1. The molecular weight excluding hydrogens is 336 g/mol. The molecule has 1 aromatic carbocycles. The van der Waals surface area contributed by atoms with Gasteiger partial charge >= 0.3 is 0 Å². The van der Waals surface area contributed by atoms with Gasteiger partial charge in [-0.25, -0.2) is 4.99 Å². The molecule has 1 aliphatic rings. The summed E-state index contributed by atoms with van der Waals surface area (Å²) < 4.78 is 0. The van der Waals surface area contributed by atoms with Gasteiger partial charge in [-0.1, -0.05) is 37.1 Å². The Labute approximate surface area is 155 Å². The van der Waals surface area contributed by atoms with E-state index in [1.807, 2.05) is 18.2 Å². The van der Waals surface area contributed by atoms with Gasteiger partial charge in [0.2, 0.25) is 5.91 Å². The van der Waals surface area contributed by atoms with Crippen LogP contribution in [0.15, 0.2) is 29.3 Å². The molecule has 1 fully saturated rings. The lowest BCUT2D eigenvalue weighted by Gasteiger charge is -2.20. The fraction of sp³-hybridized carbons (Fsp3) is 0.579. The largest absolute Gasteiger partial charge is 0.356 e. The third-order valence-electron chi connectivity index (χ3n) is 4.58. The highest BCUT2D eigenvalue weighted by molar-refractivity contribution is 6.30. The molecule has 1 aliphatic carbocycles. The summed E-state index contributed by atoms with van der Waals surface area (Å²) in [5.74, 6) is 0.699. The maximum absolute atomic E-state index is 11.8. The zero-order valence-electron chi connectivity index (χ0n) is 15.4. The second-order valence-corrected chi connectivity index (χ2v) is 7.31. The molecule has 0 spiro atoms.